The molecule has 0 bridgehead atoms. The zero-order valence-electron chi connectivity index (χ0n) is 27.9. The van der Waals surface area contributed by atoms with Crippen LogP contribution in [0.2, 0.25) is 0 Å². The maximum atomic E-state index is 13.5. The molecule has 13 heteroatoms. The first-order valence-corrected chi connectivity index (χ1v) is 16.0. The molecular formula is C32H54N6O7. The first-order chi connectivity index (χ1) is 21.3. The fraction of sp³-hybridized carbons (Fsp3) is 0.688. The van der Waals surface area contributed by atoms with Crippen LogP contribution in [-0.4, -0.2) is 77.9 Å². The molecule has 1 aromatic rings. The number of ketones is 1. The molecule has 254 valence electrons. The Balaban J connectivity index is 2.95. The number of aliphatic hydroxyl groups excluding tert-OH is 1. The quantitative estimate of drug-likeness (QED) is 0.0855. The molecule has 0 aliphatic carbocycles. The minimum atomic E-state index is -0.965. The predicted octanol–water partition coefficient (Wildman–Crippen LogP) is 1.10. The first-order valence-electron chi connectivity index (χ1n) is 16.0. The maximum Gasteiger partial charge on any atom is 0.252 e. The van der Waals surface area contributed by atoms with Gasteiger partial charge in [-0.2, -0.15) is 4.73 Å². The predicted molar refractivity (Wildman–Crippen MR) is 171 cm³/mol. The smallest absolute Gasteiger partial charge is 0.252 e. The van der Waals surface area contributed by atoms with Gasteiger partial charge in [0.1, 0.15) is 18.1 Å². The van der Waals surface area contributed by atoms with Crippen LogP contribution in [0.5, 0.6) is 0 Å². The number of amides is 4. The monoisotopic (exact) mass is 634 g/mol. The van der Waals surface area contributed by atoms with Crippen molar-refractivity contribution in [2.24, 2.45) is 11.8 Å². The number of aliphatic hydroxyl groups is 1. The number of nitrogens with zero attached hydrogens (tertiary/aromatic N) is 1. The van der Waals surface area contributed by atoms with E-state index in [4.69, 9.17) is 0 Å². The molecule has 0 spiro atoms. The lowest BCUT2D eigenvalue weighted by molar-refractivity contribution is -0.605. The zero-order valence-corrected chi connectivity index (χ0v) is 27.9. The highest BCUT2D eigenvalue weighted by molar-refractivity contribution is 5.98. The third kappa shape index (κ3) is 13.9. The number of pyridine rings is 1. The number of aromatic nitrogens is 1. The minimum absolute atomic E-state index is 0.213. The van der Waals surface area contributed by atoms with Crippen LogP contribution in [-0.2, 0) is 19.2 Å². The van der Waals surface area contributed by atoms with Crippen LogP contribution in [0.15, 0.2) is 24.5 Å². The van der Waals surface area contributed by atoms with E-state index in [0.717, 1.165) is 0 Å². The first kappa shape index (κ1) is 39.4. The Bertz CT molecular complexity index is 1100. The number of Topliss-reactive ketones (excluding diaryl/α,β-unsaturated/α-hetero) is 1. The van der Waals surface area contributed by atoms with E-state index in [1.165, 1.54) is 24.5 Å². The van der Waals surface area contributed by atoms with Crippen molar-refractivity contribution < 1.29 is 33.8 Å². The van der Waals surface area contributed by atoms with Crippen LogP contribution in [0, 0.1) is 17.0 Å². The molecular weight excluding hydrogens is 580 g/mol. The molecule has 0 saturated carbocycles. The standard InChI is InChI=1S/C32H54N6O7/c1-8-11-25(35-32(44)28(21(6)10-3)37-30(42)23-13-15-38(45)16-14-23)31(43)34-24(17-20(4)5)18-33-22(7)29(41)36-26(19-39)27(40)12-9-2/h13-16,20-22,24-26,28,33,39H,8-12,17-19H2,1-7H3,(H,34,43)(H,35,44)(H,36,41)(H,37,42)/t21-,22-,24-,25-,26-,28-/m0/s1. The van der Waals surface area contributed by atoms with Crippen LogP contribution < -0.4 is 31.3 Å². The summed E-state index contributed by atoms with van der Waals surface area (Å²) in [6, 6.07) is -1.06. The Morgan fingerprint density at radius 3 is 2.00 bits per heavy atom. The van der Waals surface area contributed by atoms with Crippen molar-refractivity contribution in [2.45, 2.75) is 117 Å². The third-order valence-electron chi connectivity index (χ3n) is 7.61. The lowest BCUT2D eigenvalue weighted by atomic mass is 9.97. The summed E-state index contributed by atoms with van der Waals surface area (Å²) < 4.78 is 0.560. The summed E-state index contributed by atoms with van der Waals surface area (Å²) in [7, 11) is 0. The lowest BCUT2D eigenvalue weighted by Crippen LogP contribution is -2.58. The molecule has 1 aromatic heterocycles. The van der Waals surface area contributed by atoms with Crippen molar-refractivity contribution in [3.05, 3.63) is 35.3 Å². The second-order valence-corrected chi connectivity index (χ2v) is 12.1. The number of nitrogens with one attached hydrogen (secondary N) is 5. The number of carbonyl (C=O) groups excluding carboxylic acids is 5. The van der Waals surface area contributed by atoms with E-state index in [9.17, 15) is 34.3 Å². The van der Waals surface area contributed by atoms with Crippen LogP contribution >= 0.6 is 0 Å². The van der Waals surface area contributed by atoms with Crippen LogP contribution in [0.25, 0.3) is 0 Å². The van der Waals surface area contributed by atoms with Gasteiger partial charge >= 0.3 is 0 Å². The van der Waals surface area contributed by atoms with E-state index >= 15 is 0 Å². The Kier molecular flexibility index (Phi) is 17.9. The highest BCUT2D eigenvalue weighted by atomic mass is 16.5. The van der Waals surface area contributed by atoms with Crippen molar-refractivity contribution in [3.8, 4) is 0 Å². The summed E-state index contributed by atoms with van der Waals surface area (Å²) in [6.45, 7) is 12.9. The van der Waals surface area contributed by atoms with Crippen molar-refractivity contribution >= 4 is 29.4 Å². The Morgan fingerprint density at radius 1 is 0.844 bits per heavy atom. The Hall–Kier alpha value is -3.58. The molecule has 0 radical (unpaired) electrons. The fourth-order valence-electron chi connectivity index (χ4n) is 4.73. The molecule has 0 saturated heterocycles. The molecule has 45 heavy (non-hydrogen) atoms. The molecule has 13 nitrogen and oxygen atoms in total. The molecule has 0 aromatic carbocycles. The largest absolute Gasteiger partial charge is 0.619 e. The average molecular weight is 635 g/mol. The van der Waals surface area contributed by atoms with Gasteiger partial charge in [-0.3, -0.25) is 24.0 Å². The van der Waals surface area contributed by atoms with E-state index in [-0.39, 0.29) is 48.1 Å². The Labute approximate surface area is 267 Å². The van der Waals surface area contributed by atoms with E-state index in [2.05, 4.69) is 26.6 Å². The summed E-state index contributed by atoms with van der Waals surface area (Å²) in [5.74, 6) is -2.07. The van der Waals surface area contributed by atoms with Gasteiger partial charge in [0.15, 0.2) is 18.2 Å². The maximum absolute atomic E-state index is 13.5. The van der Waals surface area contributed by atoms with Crippen LogP contribution in [0.3, 0.4) is 0 Å². The molecule has 6 atom stereocenters. The minimum Gasteiger partial charge on any atom is -0.619 e. The molecule has 0 aliphatic rings. The van der Waals surface area contributed by atoms with Gasteiger partial charge in [0.2, 0.25) is 17.7 Å². The summed E-state index contributed by atoms with van der Waals surface area (Å²) in [5.41, 5.74) is 0.234. The van der Waals surface area contributed by atoms with Gasteiger partial charge in [0, 0.05) is 31.1 Å². The van der Waals surface area contributed by atoms with Gasteiger partial charge in [0.25, 0.3) is 5.91 Å². The summed E-state index contributed by atoms with van der Waals surface area (Å²) in [6.07, 6.45) is 5.44. The number of carbonyl (C=O) groups is 5. The van der Waals surface area contributed by atoms with Crippen LogP contribution in [0.1, 0.15) is 97.3 Å². The topological polar surface area (TPSA) is 193 Å². The van der Waals surface area contributed by atoms with Crippen molar-refractivity contribution in [3.63, 3.8) is 0 Å². The molecule has 6 N–H and O–H groups in total. The highest BCUT2D eigenvalue weighted by Crippen LogP contribution is 2.12. The van der Waals surface area contributed by atoms with Crippen molar-refractivity contribution in [1.82, 2.24) is 26.6 Å². The molecule has 4 amide bonds. The van der Waals surface area contributed by atoms with E-state index in [1.807, 2.05) is 41.5 Å². The molecule has 0 aliphatic heterocycles. The summed E-state index contributed by atoms with van der Waals surface area (Å²) >= 11 is 0. The van der Waals surface area contributed by atoms with Crippen LogP contribution in [0.4, 0.5) is 0 Å². The third-order valence-corrected chi connectivity index (χ3v) is 7.61. The Morgan fingerprint density at radius 2 is 1.47 bits per heavy atom. The van der Waals surface area contributed by atoms with Crippen molar-refractivity contribution in [2.75, 3.05) is 13.2 Å². The summed E-state index contributed by atoms with van der Waals surface area (Å²) in [5, 5.41) is 35.2. The summed E-state index contributed by atoms with van der Waals surface area (Å²) in [4.78, 5) is 64.6. The van der Waals surface area contributed by atoms with Gasteiger partial charge in [-0.1, -0.05) is 54.4 Å². The van der Waals surface area contributed by atoms with Gasteiger partial charge in [-0.05, 0) is 38.0 Å². The highest BCUT2D eigenvalue weighted by Gasteiger charge is 2.31. The van der Waals surface area contributed by atoms with Gasteiger partial charge in [-0.25, -0.2) is 0 Å². The van der Waals surface area contributed by atoms with E-state index < -0.39 is 48.5 Å². The van der Waals surface area contributed by atoms with E-state index in [1.54, 1.807) is 6.92 Å². The fourth-order valence-corrected chi connectivity index (χ4v) is 4.73. The normalized spacial score (nSPS) is 15.2. The lowest BCUT2D eigenvalue weighted by Gasteiger charge is -2.28. The second kappa shape index (κ2) is 20.5. The molecule has 1 heterocycles. The zero-order chi connectivity index (χ0) is 34.1. The van der Waals surface area contributed by atoms with Crippen molar-refractivity contribution in [1.29, 1.82) is 0 Å². The molecule has 0 fully saturated rings. The average Bonchev–Trinajstić information content (AvgIpc) is 3.00. The number of hydrogen-bond acceptors (Lipinski definition) is 8. The number of rotatable bonds is 21. The van der Waals surface area contributed by atoms with E-state index in [0.29, 0.717) is 36.8 Å². The second-order valence-electron chi connectivity index (χ2n) is 12.1. The van der Waals surface area contributed by atoms with Gasteiger partial charge < -0.3 is 36.9 Å². The molecule has 0 unspecified atom stereocenters. The van der Waals surface area contributed by atoms with Gasteiger partial charge in [0.05, 0.1) is 18.2 Å². The molecule has 1 rings (SSSR count). The van der Waals surface area contributed by atoms with Gasteiger partial charge in [-0.15, -0.1) is 0 Å². The number of hydrogen-bond donors (Lipinski definition) is 6. The SMILES string of the molecule is CCCC(=O)[C@H](CO)NC(=O)[C@H](C)NC[C@H](CC(C)C)NC(=O)[C@H](CCC)NC(=O)[C@@H](NC(=O)c1cc[n+]([O-])cc1)[C@@H](C)CC.